The lowest BCUT2D eigenvalue weighted by Gasteiger charge is -2.07. The van der Waals surface area contributed by atoms with Crippen LogP contribution in [-0.2, 0) is 6.54 Å². The summed E-state index contributed by atoms with van der Waals surface area (Å²) >= 11 is 1.88. The minimum absolute atomic E-state index is 0.611. The van der Waals surface area contributed by atoms with E-state index in [1.54, 1.807) is 0 Å². The lowest BCUT2D eigenvalue weighted by Crippen LogP contribution is -1.99. The normalized spacial score (nSPS) is 17.1. The van der Waals surface area contributed by atoms with E-state index in [0.29, 0.717) is 6.54 Å². The summed E-state index contributed by atoms with van der Waals surface area (Å²) in [6, 6.07) is 4.10. The summed E-state index contributed by atoms with van der Waals surface area (Å²) in [6.07, 6.45) is 7.51. The highest BCUT2D eigenvalue weighted by atomic mass is 32.2. The average molecular weight is 222 g/mol. The lowest BCUT2D eigenvalue weighted by atomic mass is 10.1. The Labute approximate surface area is 95.7 Å². The first-order valence-corrected chi connectivity index (χ1v) is 6.65. The molecule has 2 rings (SSSR count). The smallest absolute Gasteiger partial charge is 0.0963 e. The Morgan fingerprint density at radius 1 is 1.40 bits per heavy atom. The summed E-state index contributed by atoms with van der Waals surface area (Å²) in [7, 11) is 0. The Morgan fingerprint density at radius 3 is 2.93 bits per heavy atom. The topological polar surface area (TPSA) is 38.9 Å². The number of thioether (sulfide) groups is 1. The molecule has 1 aromatic rings. The quantitative estimate of drug-likeness (QED) is 0.796. The Balaban J connectivity index is 1.86. The Bertz CT molecular complexity index is 308. The molecule has 0 amide bonds. The fourth-order valence-corrected chi connectivity index (χ4v) is 3.15. The summed E-state index contributed by atoms with van der Waals surface area (Å²) < 4.78 is 0. The maximum Gasteiger partial charge on any atom is 0.0963 e. The molecule has 1 heterocycles. The van der Waals surface area contributed by atoms with Crippen molar-refractivity contribution in [1.82, 2.24) is 4.98 Å². The van der Waals surface area contributed by atoms with Crippen LogP contribution in [0.4, 0.5) is 0 Å². The van der Waals surface area contributed by atoms with Crippen LogP contribution in [-0.4, -0.2) is 10.7 Å². The van der Waals surface area contributed by atoms with Crippen LogP contribution in [0.15, 0.2) is 23.4 Å². The van der Waals surface area contributed by atoms with Crippen LogP contribution in [0.3, 0.4) is 0 Å². The van der Waals surface area contributed by atoms with E-state index in [0.717, 1.165) is 10.9 Å². The van der Waals surface area contributed by atoms with Crippen molar-refractivity contribution >= 4 is 11.8 Å². The third kappa shape index (κ3) is 3.21. The molecule has 0 aromatic carbocycles. The van der Waals surface area contributed by atoms with Gasteiger partial charge in [0.15, 0.2) is 0 Å². The zero-order valence-electron chi connectivity index (χ0n) is 8.98. The third-order valence-electron chi connectivity index (χ3n) is 2.98. The summed E-state index contributed by atoms with van der Waals surface area (Å²) in [4.78, 5) is 4.36. The molecule has 0 aliphatic heterocycles. The second-order valence-electron chi connectivity index (χ2n) is 4.17. The van der Waals surface area contributed by atoms with E-state index in [4.69, 9.17) is 5.73 Å². The number of pyridine rings is 1. The van der Waals surface area contributed by atoms with E-state index in [2.05, 4.69) is 11.1 Å². The standard InChI is InChI=1S/C12H18N2S/c13-8-11-5-6-14-12(7-11)15-9-10-3-1-2-4-10/h5-7,10H,1-4,8-9,13H2. The maximum absolute atomic E-state index is 5.60. The minimum atomic E-state index is 0.611. The van der Waals surface area contributed by atoms with Gasteiger partial charge in [-0.15, -0.1) is 11.8 Å². The Kier molecular flexibility index (Phi) is 4.03. The number of hydrogen-bond acceptors (Lipinski definition) is 3. The summed E-state index contributed by atoms with van der Waals surface area (Å²) in [5, 5.41) is 1.13. The molecule has 0 atom stereocenters. The molecule has 1 aliphatic rings. The number of nitrogens with two attached hydrogens (primary N) is 1. The Hall–Kier alpha value is -0.540. The molecule has 82 valence electrons. The van der Waals surface area contributed by atoms with Crippen LogP contribution in [0.1, 0.15) is 31.2 Å². The van der Waals surface area contributed by atoms with Crippen molar-refractivity contribution in [1.29, 1.82) is 0 Å². The third-order valence-corrected chi connectivity index (χ3v) is 4.13. The number of rotatable bonds is 4. The average Bonchev–Trinajstić information content (AvgIpc) is 2.79. The monoisotopic (exact) mass is 222 g/mol. The highest BCUT2D eigenvalue weighted by molar-refractivity contribution is 7.99. The predicted octanol–water partition coefficient (Wildman–Crippen LogP) is 2.82. The Morgan fingerprint density at radius 2 is 2.20 bits per heavy atom. The first-order valence-electron chi connectivity index (χ1n) is 5.66. The zero-order chi connectivity index (χ0) is 10.5. The van der Waals surface area contributed by atoms with Gasteiger partial charge >= 0.3 is 0 Å². The summed E-state index contributed by atoms with van der Waals surface area (Å²) in [5.41, 5.74) is 6.78. The van der Waals surface area contributed by atoms with Crippen LogP contribution in [0, 0.1) is 5.92 Å². The van der Waals surface area contributed by atoms with E-state index >= 15 is 0 Å². The fraction of sp³-hybridized carbons (Fsp3) is 0.583. The van der Waals surface area contributed by atoms with E-state index in [9.17, 15) is 0 Å². The minimum Gasteiger partial charge on any atom is -0.326 e. The van der Waals surface area contributed by atoms with Crippen molar-refractivity contribution in [3.05, 3.63) is 23.9 Å². The molecule has 2 nitrogen and oxygen atoms in total. The molecule has 3 heteroatoms. The van der Waals surface area contributed by atoms with Gasteiger partial charge in [-0.3, -0.25) is 0 Å². The van der Waals surface area contributed by atoms with Crippen molar-refractivity contribution < 1.29 is 0 Å². The van der Waals surface area contributed by atoms with Crippen LogP contribution >= 0.6 is 11.8 Å². The lowest BCUT2D eigenvalue weighted by molar-refractivity contribution is 0.623. The van der Waals surface area contributed by atoms with E-state index < -0.39 is 0 Å². The van der Waals surface area contributed by atoms with Crippen molar-refractivity contribution in [3.8, 4) is 0 Å². The van der Waals surface area contributed by atoms with Crippen LogP contribution < -0.4 is 5.73 Å². The van der Waals surface area contributed by atoms with Gasteiger partial charge in [-0.05, 0) is 36.5 Å². The molecular formula is C12H18N2S. The van der Waals surface area contributed by atoms with Gasteiger partial charge in [0.1, 0.15) is 0 Å². The van der Waals surface area contributed by atoms with Gasteiger partial charge in [0.25, 0.3) is 0 Å². The second kappa shape index (κ2) is 5.52. The molecule has 1 fully saturated rings. The largest absolute Gasteiger partial charge is 0.326 e. The van der Waals surface area contributed by atoms with Gasteiger partial charge in [0.05, 0.1) is 5.03 Å². The van der Waals surface area contributed by atoms with E-state index in [-0.39, 0.29) is 0 Å². The molecule has 1 aliphatic carbocycles. The first kappa shape index (κ1) is 11.0. The van der Waals surface area contributed by atoms with Crippen molar-refractivity contribution in [2.45, 2.75) is 37.3 Å². The zero-order valence-corrected chi connectivity index (χ0v) is 9.80. The molecule has 0 saturated heterocycles. The predicted molar refractivity (Wildman–Crippen MR) is 64.8 cm³/mol. The van der Waals surface area contributed by atoms with E-state index in [1.165, 1.54) is 37.0 Å². The van der Waals surface area contributed by atoms with Gasteiger partial charge in [-0.25, -0.2) is 4.98 Å². The van der Waals surface area contributed by atoms with Crippen molar-refractivity contribution in [2.75, 3.05) is 5.75 Å². The van der Waals surface area contributed by atoms with Crippen molar-refractivity contribution in [2.24, 2.45) is 11.7 Å². The van der Waals surface area contributed by atoms with Gasteiger partial charge in [0, 0.05) is 18.5 Å². The van der Waals surface area contributed by atoms with Crippen LogP contribution in [0.2, 0.25) is 0 Å². The summed E-state index contributed by atoms with van der Waals surface area (Å²) in [6.45, 7) is 0.611. The van der Waals surface area contributed by atoms with Crippen LogP contribution in [0.25, 0.3) is 0 Å². The van der Waals surface area contributed by atoms with Crippen LogP contribution in [0.5, 0.6) is 0 Å². The van der Waals surface area contributed by atoms with Gasteiger partial charge < -0.3 is 5.73 Å². The molecule has 0 spiro atoms. The van der Waals surface area contributed by atoms with E-state index in [1.807, 2.05) is 24.0 Å². The molecular weight excluding hydrogens is 204 g/mol. The summed E-state index contributed by atoms with van der Waals surface area (Å²) in [5.74, 6) is 2.14. The van der Waals surface area contributed by atoms with Gasteiger partial charge in [-0.1, -0.05) is 12.8 Å². The van der Waals surface area contributed by atoms with Gasteiger partial charge in [0.2, 0.25) is 0 Å². The SMILES string of the molecule is NCc1ccnc(SCC2CCCC2)c1. The molecule has 0 unspecified atom stereocenters. The highest BCUT2D eigenvalue weighted by Gasteiger charge is 2.15. The fourth-order valence-electron chi connectivity index (χ4n) is 2.04. The number of hydrogen-bond donors (Lipinski definition) is 1. The van der Waals surface area contributed by atoms with Gasteiger partial charge in [-0.2, -0.15) is 0 Å². The molecule has 0 bridgehead atoms. The van der Waals surface area contributed by atoms with Crippen molar-refractivity contribution in [3.63, 3.8) is 0 Å². The molecule has 1 saturated carbocycles. The number of aromatic nitrogens is 1. The maximum atomic E-state index is 5.60. The molecule has 0 radical (unpaired) electrons. The second-order valence-corrected chi connectivity index (χ2v) is 5.21. The molecule has 2 N–H and O–H groups in total. The molecule has 1 aromatic heterocycles. The highest BCUT2D eigenvalue weighted by Crippen LogP contribution is 2.30. The number of nitrogens with zero attached hydrogens (tertiary/aromatic N) is 1. The first-order chi connectivity index (χ1) is 7.38. The molecule has 15 heavy (non-hydrogen) atoms.